The van der Waals surface area contributed by atoms with Gasteiger partial charge in [0.05, 0.1) is 17.3 Å². The van der Waals surface area contributed by atoms with Crippen LogP contribution in [0.5, 0.6) is 0 Å². The minimum Gasteiger partial charge on any atom is -0.325 e. The second-order valence-electron chi connectivity index (χ2n) is 7.02. The molecule has 3 aromatic rings. The van der Waals surface area contributed by atoms with Crippen LogP contribution in [0.1, 0.15) is 19.3 Å². The third-order valence-corrected chi connectivity index (χ3v) is 6.34. The molecule has 0 spiro atoms. The largest absolute Gasteiger partial charge is 0.325 e. The van der Waals surface area contributed by atoms with Crippen LogP contribution in [0, 0.1) is 0 Å². The van der Waals surface area contributed by atoms with Crippen LogP contribution in [0.15, 0.2) is 54.9 Å². The number of hydrogen-bond donors (Lipinski definition) is 1. The molecule has 28 heavy (non-hydrogen) atoms. The summed E-state index contributed by atoms with van der Waals surface area (Å²) in [5.74, 6) is -0.286. The van der Waals surface area contributed by atoms with E-state index >= 15 is 0 Å². The molecule has 8 heteroatoms. The van der Waals surface area contributed by atoms with Crippen molar-refractivity contribution in [2.24, 2.45) is 0 Å². The van der Waals surface area contributed by atoms with Crippen LogP contribution >= 0.6 is 0 Å². The normalized spacial score (nSPS) is 18.2. The van der Waals surface area contributed by atoms with E-state index in [1.807, 2.05) is 53.1 Å². The average molecular weight is 398 g/mol. The summed E-state index contributed by atoms with van der Waals surface area (Å²) in [5, 5.41) is 2.85. The second-order valence-corrected chi connectivity index (χ2v) is 8.96. The highest BCUT2D eigenvalue weighted by atomic mass is 32.2. The molecule has 1 atom stereocenters. The number of nitrogens with one attached hydrogen (secondary N) is 1. The van der Waals surface area contributed by atoms with Gasteiger partial charge >= 0.3 is 0 Å². The number of anilines is 1. The van der Waals surface area contributed by atoms with Crippen molar-refractivity contribution in [3.8, 4) is 5.69 Å². The van der Waals surface area contributed by atoms with E-state index in [1.165, 1.54) is 4.31 Å². The Morgan fingerprint density at radius 1 is 1.11 bits per heavy atom. The first-order chi connectivity index (χ1) is 13.4. The minimum atomic E-state index is -3.41. The van der Waals surface area contributed by atoms with Crippen LogP contribution in [-0.4, -0.2) is 47.0 Å². The van der Waals surface area contributed by atoms with Crippen molar-refractivity contribution >= 4 is 32.7 Å². The Morgan fingerprint density at radius 3 is 2.61 bits per heavy atom. The third-order valence-electron chi connectivity index (χ3n) is 5.05. The SMILES string of the molecule is CS(=O)(=O)N1CCCCC1C(=O)Nc1ccc(-n2cnc3ccccc32)cc1. The Morgan fingerprint density at radius 2 is 1.86 bits per heavy atom. The van der Waals surface area contributed by atoms with E-state index in [2.05, 4.69) is 10.3 Å². The number of carbonyl (C=O) groups is 1. The van der Waals surface area contributed by atoms with Gasteiger partial charge in [-0.2, -0.15) is 4.31 Å². The van der Waals surface area contributed by atoms with Crippen LogP contribution in [0.3, 0.4) is 0 Å². The van der Waals surface area contributed by atoms with Gasteiger partial charge in [-0.05, 0) is 49.2 Å². The molecular weight excluding hydrogens is 376 g/mol. The molecule has 1 amide bonds. The molecule has 1 fully saturated rings. The van der Waals surface area contributed by atoms with Gasteiger partial charge in [0, 0.05) is 17.9 Å². The first-order valence-electron chi connectivity index (χ1n) is 9.24. The Kier molecular flexibility index (Phi) is 4.91. The zero-order chi connectivity index (χ0) is 19.7. The molecule has 0 aliphatic carbocycles. The van der Waals surface area contributed by atoms with E-state index in [-0.39, 0.29) is 5.91 Å². The molecule has 2 heterocycles. The number of rotatable bonds is 4. The van der Waals surface area contributed by atoms with Crippen LogP contribution in [0.4, 0.5) is 5.69 Å². The van der Waals surface area contributed by atoms with Gasteiger partial charge < -0.3 is 5.32 Å². The fourth-order valence-electron chi connectivity index (χ4n) is 3.66. The number of benzene rings is 2. The molecule has 146 valence electrons. The van der Waals surface area contributed by atoms with Crippen molar-refractivity contribution in [1.82, 2.24) is 13.9 Å². The first kappa shape index (κ1) is 18.6. The highest BCUT2D eigenvalue weighted by Crippen LogP contribution is 2.23. The number of piperidine rings is 1. The molecule has 4 rings (SSSR count). The van der Waals surface area contributed by atoms with Crippen LogP contribution < -0.4 is 5.32 Å². The Bertz CT molecular complexity index is 1110. The monoisotopic (exact) mass is 398 g/mol. The van der Waals surface area contributed by atoms with Gasteiger partial charge in [0.1, 0.15) is 12.4 Å². The maximum absolute atomic E-state index is 12.7. The van der Waals surface area contributed by atoms with Gasteiger partial charge in [-0.15, -0.1) is 0 Å². The molecule has 1 aliphatic heterocycles. The molecule has 0 saturated carbocycles. The molecule has 7 nitrogen and oxygen atoms in total. The van der Waals surface area contributed by atoms with Gasteiger partial charge in [-0.3, -0.25) is 9.36 Å². The van der Waals surface area contributed by atoms with Gasteiger partial charge in [0.15, 0.2) is 0 Å². The second kappa shape index (κ2) is 7.37. The lowest BCUT2D eigenvalue weighted by molar-refractivity contribution is -0.120. The van der Waals surface area contributed by atoms with Crippen molar-refractivity contribution < 1.29 is 13.2 Å². The van der Waals surface area contributed by atoms with E-state index in [0.717, 1.165) is 35.8 Å². The Hall–Kier alpha value is -2.71. The maximum atomic E-state index is 12.7. The molecule has 0 bridgehead atoms. The zero-order valence-electron chi connectivity index (χ0n) is 15.6. The summed E-state index contributed by atoms with van der Waals surface area (Å²) >= 11 is 0. The van der Waals surface area contributed by atoms with Crippen LogP contribution in [0.25, 0.3) is 16.7 Å². The zero-order valence-corrected chi connectivity index (χ0v) is 16.4. The summed E-state index contributed by atoms with van der Waals surface area (Å²) in [6.07, 6.45) is 5.09. The molecular formula is C20H22N4O3S. The number of imidazole rings is 1. The van der Waals surface area contributed by atoms with E-state index in [9.17, 15) is 13.2 Å². The summed E-state index contributed by atoms with van der Waals surface area (Å²) in [7, 11) is -3.41. The fraction of sp³-hybridized carbons (Fsp3) is 0.300. The highest BCUT2D eigenvalue weighted by Gasteiger charge is 2.34. The van der Waals surface area contributed by atoms with Gasteiger partial charge in [-0.1, -0.05) is 18.6 Å². The van der Waals surface area contributed by atoms with Crippen LogP contribution in [-0.2, 0) is 14.8 Å². The molecule has 1 saturated heterocycles. The molecule has 1 aromatic heterocycles. The summed E-state index contributed by atoms with van der Waals surface area (Å²) in [5.41, 5.74) is 3.49. The van der Waals surface area contributed by atoms with E-state index in [1.54, 1.807) is 6.33 Å². The predicted octanol–water partition coefficient (Wildman–Crippen LogP) is 2.78. The van der Waals surface area contributed by atoms with Crippen molar-refractivity contribution in [2.45, 2.75) is 25.3 Å². The summed E-state index contributed by atoms with van der Waals surface area (Å²) in [6.45, 7) is 0.392. The highest BCUT2D eigenvalue weighted by molar-refractivity contribution is 7.88. The van der Waals surface area contributed by atoms with Crippen molar-refractivity contribution in [3.05, 3.63) is 54.9 Å². The number of amides is 1. The van der Waals surface area contributed by atoms with Gasteiger partial charge in [-0.25, -0.2) is 13.4 Å². The molecule has 0 radical (unpaired) electrons. The summed E-state index contributed by atoms with van der Waals surface area (Å²) in [6, 6.07) is 14.7. The van der Waals surface area contributed by atoms with E-state index in [0.29, 0.717) is 18.7 Å². The predicted molar refractivity (Wildman–Crippen MR) is 109 cm³/mol. The number of hydrogen-bond acceptors (Lipinski definition) is 4. The van der Waals surface area contributed by atoms with Crippen molar-refractivity contribution in [2.75, 3.05) is 18.1 Å². The first-order valence-corrected chi connectivity index (χ1v) is 11.1. The number of carbonyl (C=O) groups excluding carboxylic acids is 1. The summed E-state index contributed by atoms with van der Waals surface area (Å²) < 4.78 is 27.2. The maximum Gasteiger partial charge on any atom is 0.242 e. The standard InChI is InChI=1S/C20H22N4O3S/c1-28(26,27)24-13-5-4-8-19(24)20(25)22-15-9-11-16(12-10-15)23-14-21-17-6-2-3-7-18(17)23/h2-3,6-7,9-12,14,19H,4-5,8,13H2,1H3,(H,22,25). The summed E-state index contributed by atoms with van der Waals surface area (Å²) in [4.78, 5) is 17.1. The van der Waals surface area contributed by atoms with Gasteiger partial charge in [0.2, 0.25) is 15.9 Å². The molecule has 1 N–H and O–H groups in total. The number of sulfonamides is 1. The molecule has 2 aromatic carbocycles. The lowest BCUT2D eigenvalue weighted by Crippen LogP contribution is -2.49. The van der Waals surface area contributed by atoms with Crippen LogP contribution in [0.2, 0.25) is 0 Å². The van der Waals surface area contributed by atoms with Crippen molar-refractivity contribution in [3.63, 3.8) is 0 Å². The van der Waals surface area contributed by atoms with Crippen molar-refractivity contribution in [1.29, 1.82) is 0 Å². The van der Waals surface area contributed by atoms with E-state index < -0.39 is 16.1 Å². The molecule has 1 unspecified atom stereocenters. The number of aromatic nitrogens is 2. The fourth-order valence-corrected chi connectivity index (χ4v) is 4.78. The topological polar surface area (TPSA) is 84.3 Å². The Labute approximate surface area is 164 Å². The third kappa shape index (κ3) is 3.65. The lowest BCUT2D eigenvalue weighted by Gasteiger charge is -2.32. The minimum absolute atomic E-state index is 0.286. The Balaban J connectivity index is 1.52. The smallest absolute Gasteiger partial charge is 0.242 e. The number of para-hydroxylation sites is 2. The molecule has 1 aliphatic rings. The number of nitrogens with zero attached hydrogens (tertiary/aromatic N) is 3. The quantitative estimate of drug-likeness (QED) is 0.732. The average Bonchev–Trinajstić information content (AvgIpc) is 3.12. The lowest BCUT2D eigenvalue weighted by atomic mass is 10.0. The van der Waals surface area contributed by atoms with Gasteiger partial charge in [0.25, 0.3) is 0 Å². The number of fused-ring (bicyclic) bond motifs is 1. The van der Waals surface area contributed by atoms with E-state index in [4.69, 9.17) is 0 Å².